The second kappa shape index (κ2) is 6.17. The van der Waals surface area contributed by atoms with Crippen LogP contribution in [0.1, 0.15) is 27.8 Å². The van der Waals surface area contributed by atoms with Crippen molar-refractivity contribution in [3.05, 3.63) is 45.1 Å². The fourth-order valence-corrected chi connectivity index (χ4v) is 4.08. The second-order valence-electron chi connectivity index (χ2n) is 5.00. The molecule has 0 bridgehead atoms. The molecule has 21 heavy (non-hydrogen) atoms. The minimum absolute atomic E-state index is 0.218. The zero-order chi connectivity index (χ0) is 15.6. The Morgan fingerprint density at radius 1 is 1.19 bits per heavy atom. The van der Waals surface area contributed by atoms with Crippen LogP contribution in [0.3, 0.4) is 0 Å². The summed E-state index contributed by atoms with van der Waals surface area (Å²) >= 11 is 1.63. The van der Waals surface area contributed by atoms with Gasteiger partial charge in [0.25, 0.3) is 0 Å². The van der Waals surface area contributed by atoms with Gasteiger partial charge in [0.05, 0.1) is 4.90 Å². The molecule has 2 aromatic rings. The highest BCUT2D eigenvalue weighted by atomic mass is 32.2. The smallest absolute Gasteiger partial charge is 0.240 e. The first-order chi connectivity index (χ1) is 9.83. The van der Waals surface area contributed by atoms with Crippen LogP contribution >= 0.6 is 11.3 Å². The highest BCUT2D eigenvalue weighted by Gasteiger charge is 2.16. The zero-order valence-electron chi connectivity index (χ0n) is 12.4. The molecule has 0 radical (unpaired) electrons. The van der Waals surface area contributed by atoms with Gasteiger partial charge in [-0.2, -0.15) is 0 Å². The number of aryl methyl sites for hydroxylation is 2. The molecule has 1 aromatic carbocycles. The Kier molecular flexibility index (Phi) is 4.70. The highest BCUT2D eigenvalue weighted by Crippen LogP contribution is 2.22. The fraction of sp³-hybridized carbons (Fsp3) is 0.333. The predicted molar refractivity (Wildman–Crippen MR) is 88.1 cm³/mol. The Morgan fingerprint density at radius 2 is 1.86 bits per heavy atom. The van der Waals surface area contributed by atoms with Crippen LogP contribution in [0.15, 0.2) is 29.2 Å². The molecule has 3 N–H and O–H groups in total. The fourth-order valence-electron chi connectivity index (χ4n) is 1.96. The van der Waals surface area contributed by atoms with Crippen molar-refractivity contribution in [2.24, 2.45) is 0 Å². The number of nitrogen functional groups attached to an aromatic ring is 1. The van der Waals surface area contributed by atoms with Gasteiger partial charge >= 0.3 is 0 Å². The first kappa shape index (κ1) is 16.0. The lowest BCUT2D eigenvalue weighted by Gasteiger charge is -2.10. The van der Waals surface area contributed by atoms with Gasteiger partial charge in [0, 0.05) is 22.0 Å². The average molecular weight is 324 g/mol. The molecule has 0 saturated heterocycles. The van der Waals surface area contributed by atoms with Gasteiger partial charge in [-0.3, -0.25) is 0 Å². The number of hydrogen-bond acceptors (Lipinski definition) is 4. The molecule has 0 amide bonds. The Hall–Kier alpha value is -1.37. The Bertz CT molecular complexity index is 726. The molecule has 0 spiro atoms. The normalized spacial score (nSPS) is 11.8. The van der Waals surface area contributed by atoms with Crippen molar-refractivity contribution in [2.75, 3.05) is 5.73 Å². The molecule has 0 aliphatic heterocycles. The topological polar surface area (TPSA) is 72.2 Å². The minimum atomic E-state index is -3.54. The molecule has 0 unspecified atom stereocenters. The summed E-state index contributed by atoms with van der Waals surface area (Å²) < 4.78 is 27.3. The summed E-state index contributed by atoms with van der Waals surface area (Å²) in [5, 5.41) is 0. The third-order valence-corrected chi connectivity index (χ3v) is 6.10. The summed E-state index contributed by atoms with van der Waals surface area (Å²) in [6.07, 6.45) is 0.963. The van der Waals surface area contributed by atoms with Gasteiger partial charge in [-0.1, -0.05) is 6.92 Å². The van der Waals surface area contributed by atoms with E-state index in [1.165, 1.54) is 10.9 Å². The van der Waals surface area contributed by atoms with Gasteiger partial charge in [-0.15, -0.1) is 11.3 Å². The quantitative estimate of drug-likeness (QED) is 0.831. The number of nitrogens with one attached hydrogen (secondary N) is 1. The van der Waals surface area contributed by atoms with Crippen molar-refractivity contribution in [3.8, 4) is 0 Å². The van der Waals surface area contributed by atoms with Gasteiger partial charge in [-0.05, 0) is 55.7 Å². The summed E-state index contributed by atoms with van der Waals surface area (Å²) in [5.41, 5.74) is 8.15. The molecule has 1 heterocycles. The first-order valence-electron chi connectivity index (χ1n) is 6.77. The van der Waals surface area contributed by atoms with Crippen LogP contribution in [-0.2, 0) is 23.0 Å². The number of thiophene rings is 1. The van der Waals surface area contributed by atoms with Crippen LogP contribution < -0.4 is 10.5 Å². The van der Waals surface area contributed by atoms with Gasteiger partial charge in [0.2, 0.25) is 10.0 Å². The highest BCUT2D eigenvalue weighted by molar-refractivity contribution is 7.89. The lowest BCUT2D eigenvalue weighted by molar-refractivity contribution is 0.581. The van der Waals surface area contributed by atoms with Crippen LogP contribution in [0.2, 0.25) is 0 Å². The van der Waals surface area contributed by atoms with E-state index in [1.54, 1.807) is 17.4 Å². The second-order valence-corrected chi connectivity index (χ2v) is 8.02. The van der Waals surface area contributed by atoms with Crippen LogP contribution in [0.25, 0.3) is 0 Å². The maximum atomic E-state index is 12.3. The van der Waals surface area contributed by atoms with E-state index >= 15 is 0 Å². The Balaban J connectivity index is 2.18. The predicted octanol–water partition coefficient (Wildman–Crippen LogP) is 2.99. The van der Waals surface area contributed by atoms with E-state index in [0.717, 1.165) is 22.4 Å². The lowest BCUT2D eigenvalue weighted by Crippen LogP contribution is -2.23. The molecule has 0 atom stereocenters. The van der Waals surface area contributed by atoms with Gasteiger partial charge in [0.15, 0.2) is 0 Å². The third-order valence-electron chi connectivity index (χ3n) is 3.49. The molecule has 2 rings (SSSR count). The summed E-state index contributed by atoms with van der Waals surface area (Å²) in [7, 11) is -3.54. The number of rotatable bonds is 5. The largest absolute Gasteiger partial charge is 0.398 e. The van der Waals surface area contributed by atoms with E-state index in [4.69, 9.17) is 5.73 Å². The molecule has 1 aromatic heterocycles. The zero-order valence-corrected chi connectivity index (χ0v) is 14.1. The number of benzene rings is 1. The maximum absolute atomic E-state index is 12.3. The molecule has 6 heteroatoms. The number of anilines is 1. The van der Waals surface area contributed by atoms with E-state index < -0.39 is 10.0 Å². The van der Waals surface area contributed by atoms with Crippen molar-refractivity contribution >= 4 is 27.0 Å². The Morgan fingerprint density at radius 3 is 2.43 bits per heavy atom. The number of sulfonamides is 1. The van der Waals surface area contributed by atoms with E-state index in [0.29, 0.717) is 12.2 Å². The molecule has 0 saturated carbocycles. The van der Waals surface area contributed by atoms with E-state index in [9.17, 15) is 8.42 Å². The van der Waals surface area contributed by atoms with Crippen molar-refractivity contribution in [3.63, 3.8) is 0 Å². The van der Waals surface area contributed by atoms with Crippen molar-refractivity contribution in [2.45, 2.75) is 38.6 Å². The van der Waals surface area contributed by atoms with Crippen molar-refractivity contribution in [1.82, 2.24) is 4.72 Å². The molecular formula is C15H20N2O2S2. The van der Waals surface area contributed by atoms with Gasteiger partial charge in [0.1, 0.15) is 0 Å². The van der Waals surface area contributed by atoms with Crippen LogP contribution in [0.4, 0.5) is 5.69 Å². The molecule has 114 valence electrons. The Labute approximate surface area is 130 Å². The summed E-state index contributed by atoms with van der Waals surface area (Å²) in [4.78, 5) is 2.47. The first-order valence-corrected chi connectivity index (χ1v) is 9.07. The summed E-state index contributed by atoms with van der Waals surface area (Å²) in [6.45, 7) is 6.13. The van der Waals surface area contributed by atoms with Crippen molar-refractivity contribution in [1.29, 1.82) is 0 Å². The monoisotopic (exact) mass is 324 g/mol. The SMILES string of the molecule is CCc1ccc(CNS(=O)(=O)c2cc(C)c(C)c(N)c2)s1. The van der Waals surface area contributed by atoms with Crippen LogP contribution in [0.5, 0.6) is 0 Å². The molecule has 0 aliphatic carbocycles. The van der Waals surface area contributed by atoms with Crippen LogP contribution in [0, 0.1) is 13.8 Å². The number of nitrogens with two attached hydrogens (primary N) is 1. The summed E-state index contributed by atoms with van der Waals surface area (Å²) in [5.74, 6) is 0. The molecule has 0 fully saturated rings. The standard InChI is InChI=1S/C15H20N2O2S2/c1-4-12-5-6-13(20-12)9-17-21(18,19)14-7-10(2)11(3)15(16)8-14/h5-8,17H,4,9,16H2,1-3H3. The molecular weight excluding hydrogens is 304 g/mol. The average Bonchev–Trinajstić information content (AvgIpc) is 2.90. The van der Waals surface area contributed by atoms with E-state index in [2.05, 4.69) is 11.6 Å². The summed E-state index contributed by atoms with van der Waals surface area (Å²) in [6, 6.07) is 7.15. The van der Waals surface area contributed by atoms with Crippen molar-refractivity contribution < 1.29 is 8.42 Å². The third kappa shape index (κ3) is 3.64. The molecule has 0 aliphatic rings. The van der Waals surface area contributed by atoms with Gasteiger partial charge in [-0.25, -0.2) is 13.1 Å². The lowest BCUT2D eigenvalue weighted by atomic mass is 10.1. The minimum Gasteiger partial charge on any atom is -0.398 e. The van der Waals surface area contributed by atoms with E-state index in [1.807, 2.05) is 26.0 Å². The maximum Gasteiger partial charge on any atom is 0.240 e. The van der Waals surface area contributed by atoms with Gasteiger partial charge < -0.3 is 5.73 Å². The van der Waals surface area contributed by atoms with Crippen LogP contribution in [-0.4, -0.2) is 8.42 Å². The number of hydrogen-bond donors (Lipinski definition) is 2. The molecule has 4 nitrogen and oxygen atoms in total. The van der Waals surface area contributed by atoms with E-state index in [-0.39, 0.29) is 4.90 Å².